The summed E-state index contributed by atoms with van der Waals surface area (Å²) in [6, 6.07) is 5.93. The SMILES string of the molecule is Cc1nc(COC(=O)c2cccc(S(=O)(=O)N3C[C@@H](C)O[C@H](C)C3)c2)cs1. The van der Waals surface area contributed by atoms with Gasteiger partial charge in [0.15, 0.2) is 0 Å². The quantitative estimate of drug-likeness (QED) is 0.705. The Morgan fingerprint density at radius 3 is 2.67 bits per heavy atom. The number of esters is 1. The lowest BCUT2D eigenvalue weighted by molar-refractivity contribution is -0.0440. The third-order valence-electron chi connectivity index (χ3n) is 4.11. The number of carbonyl (C=O) groups excluding carboxylic acids is 1. The first kappa shape index (κ1) is 19.9. The summed E-state index contributed by atoms with van der Waals surface area (Å²) in [5, 5.41) is 2.72. The number of carbonyl (C=O) groups is 1. The molecule has 27 heavy (non-hydrogen) atoms. The Morgan fingerprint density at radius 2 is 2.04 bits per heavy atom. The number of hydrogen-bond acceptors (Lipinski definition) is 7. The molecule has 2 heterocycles. The zero-order valence-electron chi connectivity index (χ0n) is 15.4. The lowest BCUT2D eigenvalue weighted by atomic mass is 10.2. The van der Waals surface area contributed by atoms with Crippen LogP contribution in [0.3, 0.4) is 0 Å². The van der Waals surface area contributed by atoms with Crippen molar-refractivity contribution >= 4 is 27.3 Å². The van der Waals surface area contributed by atoms with Crippen molar-refractivity contribution in [3.8, 4) is 0 Å². The van der Waals surface area contributed by atoms with E-state index in [4.69, 9.17) is 9.47 Å². The molecule has 0 spiro atoms. The van der Waals surface area contributed by atoms with Crippen molar-refractivity contribution in [1.82, 2.24) is 9.29 Å². The molecule has 2 aromatic rings. The standard InChI is InChI=1S/C18H22N2O5S2/c1-12-8-20(9-13(2)25-12)27(22,23)17-6-4-5-15(7-17)18(21)24-10-16-11-26-14(3)19-16/h4-7,11-13H,8-10H2,1-3H3/t12-,13-/m1/s1. The maximum atomic E-state index is 12.9. The minimum Gasteiger partial charge on any atom is -0.456 e. The second-order valence-electron chi connectivity index (χ2n) is 6.54. The van der Waals surface area contributed by atoms with E-state index < -0.39 is 16.0 Å². The molecule has 7 nitrogen and oxygen atoms in total. The minimum absolute atomic E-state index is 0.0542. The predicted molar refractivity (Wildman–Crippen MR) is 101 cm³/mol. The van der Waals surface area contributed by atoms with Crippen molar-refractivity contribution in [1.29, 1.82) is 0 Å². The smallest absolute Gasteiger partial charge is 0.338 e. The van der Waals surface area contributed by atoms with Crippen molar-refractivity contribution in [3.63, 3.8) is 0 Å². The molecule has 1 fully saturated rings. The number of benzene rings is 1. The number of aromatic nitrogens is 1. The average Bonchev–Trinajstić information content (AvgIpc) is 3.04. The summed E-state index contributed by atoms with van der Waals surface area (Å²) >= 11 is 1.48. The normalized spacial score (nSPS) is 21.1. The highest BCUT2D eigenvalue weighted by molar-refractivity contribution is 7.89. The van der Waals surface area contributed by atoms with Crippen molar-refractivity contribution < 1.29 is 22.7 Å². The monoisotopic (exact) mass is 410 g/mol. The maximum Gasteiger partial charge on any atom is 0.338 e. The van der Waals surface area contributed by atoms with Crippen LogP contribution < -0.4 is 0 Å². The van der Waals surface area contributed by atoms with E-state index in [0.29, 0.717) is 5.69 Å². The highest BCUT2D eigenvalue weighted by atomic mass is 32.2. The van der Waals surface area contributed by atoms with Crippen LogP contribution in [0, 0.1) is 6.92 Å². The molecule has 0 radical (unpaired) electrons. The number of thiazole rings is 1. The Labute approximate surface area is 163 Å². The molecule has 0 saturated carbocycles. The van der Waals surface area contributed by atoms with Gasteiger partial charge in [-0.1, -0.05) is 6.07 Å². The summed E-state index contributed by atoms with van der Waals surface area (Å²) in [7, 11) is -3.71. The first-order valence-electron chi connectivity index (χ1n) is 8.59. The molecule has 9 heteroatoms. The lowest BCUT2D eigenvalue weighted by Gasteiger charge is -2.34. The Hall–Kier alpha value is -1.81. The molecule has 0 N–H and O–H groups in total. The van der Waals surface area contributed by atoms with E-state index in [1.54, 1.807) is 6.07 Å². The van der Waals surface area contributed by atoms with Gasteiger partial charge in [0.1, 0.15) is 6.61 Å². The summed E-state index contributed by atoms with van der Waals surface area (Å²) in [6.07, 6.45) is -0.364. The molecule has 146 valence electrons. The first-order chi connectivity index (χ1) is 12.8. The molecule has 0 unspecified atom stereocenters. The molecule has 0 bridgehead atoms. The number of ether oxygens (including phenoxy) is 2. The molecule has 1 saturated heterocycles. The number of morpholine rings is 1. The van der Waals surface area contributed by atoms with Crippen molar-refractivity contribution in [2.24, 2.45) is 0 Å². The Bertz CT molecular complexity index is 915. The van der Waals surface area contributed by atoms with Gasteiger partial charge in [0.05, 0.1) is 33.4 Å². The number of sulfonamides is 1. The molecule has 3 rings (SSSR count). The molecule has 1 aromatic carbocycles. The van der Waals surface area contributed by atoms with E-state index in [-0.39, 0.29) is 42.4 Å². The number of nitrogens with zero attached hydrogens (tertiary/aromatic N) is 2. The van der Waals surface area contributed by atoms with Crippen LogP contribution in [0.2, 0.25) is 0 Å². The topological polar surface area (TPSA) is 85.8 Å². The predicted octanol–water partition coefficient (Wildman–Crippen LogP) is 2.61. The Balaban J connectivity index is 1.75. The van der Waals surface area contributed by atoms with Crippen molar-refractivity contribution in [2.75, 3.05) is 13.1 Å². The van der Waals surface area contributed by atoms with Crippen LogP contribution in [-0.4, -0.2) is 49.0 Å². The van der Waals surface area contributed by atoms with E-state index in [1.165, 1.54) is 33.8 Å². The van der Waals surface area contributed by atoms with Gasteiger partial charge in [0.25, 0.3) is 0 Å². The molecular weight excluding hydrogens is 388 g/mol. The summed E-state index contributed by atoms with van der Waals surface area (Å²) in [5.74, 6) is -0.582. The third kappa shape index (κ3) is 4.73. The zero-order chi connectivity index (χ0) is 19.6. The van der Waals surface area contributed by atoms with Crippen LogP contribution in [0.1, 0.15) is 34.9 Å². The van der Waals surface area contributed by atoms with Crippen LogP contribution in [0.15, 0.2) is 34.5 Å². The Morgan fingerprint density at radius 1 is 1.33 bits per heavy atom. The second kappa shape index (κ2) is 8.05. The largest absolute Gasteiger partial charge is 0.456 e. The average molecular weight is 411 g/mol. The summed E-state index contributed by atoms with van der Waals surface area (Å²) in [6.45, 7) is 6.17. The van der Waals surface area contributed by atoms with E-state index in [9.17, 15) is 13.2 Å². The number of rotatable bonds is 5. The van der Waals surface area contributed by atoms with Gasteiger partial charge in [-0.3, -0.25) is 0 Å². The fraction of sp³-hybridized carbons (Fsp3) is 0.444. The van der Waals surface area contributed by atoms with E-state index >= 15 is 0 Å². The molecule has 1 aliphatic heterocycles. The summed E-state index contributed by atoms with van der Waals surface area (Å²) < 4.78 is 38.1. The third-order valence-corrected chi connectivity index (χ3v) is 6.76. The highest BCUT2D eigenvalue weighted by Crippen LogP contribution is 2.22. The van der Waals surface area contributed by atoms with Crippen molar-refractivity contribution in [3.05, 3.63) is 45.9 Å². The van der Waals surface area contributed by atoms with Gasteiger partial charge in [-0.15, -0.1) is 11.3 Å². The van der Waals surface area contributed by atoms with Gasteiger partial charge < -0.3 is 9.47 Å². The molecule has 0 aliphatic carbocycles. The second-order valence-corrected chi connectivity index (χ2v) is 9.54. The molecule has 2 atom stereocenters. The number of aryl methyl sites for hydroxylation is 1. The molecular formula is C18H22N2O5S2. The van der Waals surface area contributed by atoms with Gasteiger partial charge in [0.2, 0.25) is 10.0 Å². The minimum atomic E-state index is -3.71. The van der Waals surface area contributed by atoms with Gasteiger partial charge in [-0.2, -0.15) is 4.31 Å². The molecule has 1 aliphatic rings. The van der Waals surface area contributed by atoms with Crippen LogP contribution in [0.4, 0.5) is 0 Å². The van der Waals surface area contributed by atoms with E-state index in [1.807, 2.05) is 26.2 Å². The lowest BCUT2D eigenvalue weighted by Crippen LogP contribution is -2.48. The van der Waals surface area contributed by atoms with Crippen LogP contribution in [-0.2, 0) is 26.1 Å². The van der Waals surface area contributed by atoms with Gasteiger partial charge in [-0.25, -0.2) is 18.2 Å². The molecule has 1 aromatic heterocycles. The Kier molecular flexibility index (Phi) is 5.95. The van der Waals surface area contributed by atoms with Gasteiger partial charge in [-0.05, 0) is 39.0 Å². The van der Waals surface area contributed by atoms with E-state index in [2.05, 4.69) is 4.98 Å². The fourth-order valence-electron chi connectivity index (χ4n) is 2.96. The molecule has 0 amide bonds. The fourth-order valence-corrected chi connectivity index (χ4v) is 5.19. The van der Waals surface area contributed by atoms with Crippen LogP contribution in [0.5, 0.6) is 0 Å². The van der Waals surface area contributed by atoms with E-state index in [0.717, 1.165) is 5.01 Å². The highest BCUT2D eigenvalue weighted by Gasteiger charge is 2.32. The van der Waals surface area contributed by atoms with Gasteiger partial charge in [0, 0.05) is 18.5 Å². The maximum absolute atomic E-state index is 12.9. The summed E-state index contributed by atoms with van der Waals surface area (Å²) in [5.41, 5.74) is 0.864. The first-order valence-corrected chi connectivity index (χ1v) is 10.9. The van der Waals surface area contributed by atoms with Crippen LogP contribution >= 0.6 is 11.3 Å². The van der Waals surface area contributed by atoms with Crippen LogP contribution in [0.25, 0.3) is 0 Å². The summed E-state index contributed by atoms with van der Waals surface area (Å²) in [4.78, 5) is 16.6. The van der Waals surface area contributed by atoms with Gasteiger partial charge >= 0.3 is 5.97 Å². The van der Waals surface area contributed by atoms with Crippen molar-refractivity contribution in [2.45, 2.75) is 44.5 Å². The number of hydrogen-bond donors (Lipinski definition) is 0. The zero-order valence-corrected chi connectivity index (χ0v) is 17.0.